The van der Waals surface area contributed by atoms with Gasteiger partial charge in [-0.15, -0.1) is 0 Å². The molecule has 0 unspecified atom stereocenters. The summed E-state index contributed by atoms with van der Waals surface area (Å²) in [6.07, 6.45) is 0. The standard InChI is InChI=1S/C17H12N4/c18-14-9-5-2-1-4-8(9)13-12(15(14)19)10-6-3-7-11-16(10)21-17(13)20-11/h1-7H,18-19H2,(H,20,21). The Balaban J connectivity index is 2.29. The molecular formula is C17H12N4. The zero-order valence-corrected chi connectivity index (χ0v) is 11.1. The van der Waals surface area contributed by atoms with E-state index in [4.69, 9.17) is 16.5 Å². The zero-order valence-electron chi connectivity index (χ0n) is 11.1. The van der Waals surface area contributed by atoms with Crippen molar-refractivity contribution in [2.45, 2.75) is 0 Å². The SMILES string of the molecule is Nc1c(N)c2c3cccc4[nH]c(nc43)c2c2ccccc12. The zero-order chi connectivity index (χ0) is 14.1. The number of hydrogen-bond acceptors (Lipinski definition) is 3. The number of benzene rings is 3. The highest BCUT2D eigenvalue weighted by molar-refractivity contribution is 6.31. The van der Waals surface area contributed by atoms with Gasteiger partial charge in [0.25, 0.3) is 0 Å². The summed E-state index contributed by atoms with van der Waals surface area (Å²) in [4.78, 5) is 8.09. The van der Waals surface area contributed by atoms with E-state index in [1.54, 1.807) is 0 Å². The smallest absolute Gasteiger partial charge is 0.139 e. The fraction of sp³-hybridized carbons (Fsp3) is 0. The van der Waals surface area contributed by atoms with Crippen LogP contribution in [0.2, 0.25) is 0 Å². The van der Waals surface area contributed by atoms with Crippen molar-refractivity contribution in [1.29, 1.82) is 0 Å². The van der Waals surface area contributed by atoms with Crippen LogP contribution in [0, 0.1) is 0 Å². The van der Waals surface area contributed by atoms with Gasteiger partial charge in [-0.3, -0.25) is 0 Å². The van der Waals surface area contributed by atoms with E-state index in [1.165, 1.54) is 0 Å². The summed E-state index contributed by atoms with van der Waals surface area (Å²) >= 11 is 0. The Morgan fingerprint density at radius 3 is 2.38 bits per heavy atom. The van der Waals surface area contributed by atoms with Crippen LogP contribution < -0.4 is 11.5 Å². The number of nitrogens with one attached hydrogen (secondary N) is 1. The molecule has 0 aliphatic carbocycles. The number of para-hydroxylation sites is 1. The van der Waals surface area contributed by atoms with E-state index in [2.05, 4.69) is 17.1 Å². The molecule has 0 fully saturated rings. The minimum absolute atomic E-state index is 0.637. The highest BCUT2D eigenvalue weighted by Crippen LogP contribution is 2.42. The first-order valence-corrected chi connectivity index (χ1v) is 6.85. The Morgan fingerprint density at radius 2 is 1.52 bits per heavy atom. The first kappa shape index (κ1) is 10.7. The third-order valence-corrected chi connectivity index (χ3v) is 4.31. The van der Waals surface area contributed by atoms with E-state index >= 15 is 0 Å². The van der Waals surface area contributed by atoms with Crippen LogP contribution in [-0.4, -0.2) is 9.97 Å². The average Bonchev–Trinajstić information content (AvgIpc) is 2.92. The Labute approximate surface area is 119 Å². The predicted octanol–water partition coefficient (Wildman–Crippen LogP) is 3.62. The monoisotopic (exact) mass is 272 g/mol. The largest absolute Gasteiger partial charge is 0.397 e. The van der Waals surface area contributed by atoms with E-state index in [1.807, 2.05) is 30.3 Å². The van der Waals surface area contributed by atoms with E-state index < -0.39 is 0 Å². The summed E-state index contributed by atoms with van der Waals surface area (Å²) < 4.78 is 0. The molecule has 0 saturated heterocycles. The van der Waals surface area contributed by atoms with Gasteiger partial charge in [0.1, 0.15) is 5.65 Å². The maximum atomic E-state index is 6.36. The van der Waals surface area contributed by atoms with Crippen molar-refractivity contribution in [1.82, 2.24) is 9.97 Å². The number of aromatic amines is 1. The van der Waals surface area contributed by atoms with Gasteiger partial charge in [-0.25, -0.2) is 4.98 Å². The molecular weight excluding hydrogens is 260 g/mol. The summed E-state index contributed by atoms with van der Waals surface area (Å²) in [5, 5.41) is 5.15. The van der Waals surface area contributed by atoms with Crippen molar-refractivity contribution in [3.8, 4) is 0 Å². The average molecular weight is 272 g/mol. The summed E-state index contributed by atoms with van der Waals surface area (Å²) in [5.74, 6) is 0. The molecule has 0 aliphatic heterocycles. The second-order valence-electron chi connectivity index (χ2n) is 5.41. The molecule has 0 spiro atoms. The molecule has 0 saturated carbocycles. The number of pyridine rings is 1. The van der Waals surface area contributed by atoms with Crippen molar-refractivity contribution >= 4 is 55.0 Å². The van der Waals surface area contributed by atoms with Gasteiger partial charge in [-0.1, -0.05) is 36.4 Å². The minimum atomic E-state index is 0.637. The van der Waals surface area contributed by atoms with Crippen LogP contribution >= 0.6 is 0 Å². The van der Waals surface area contributed by atoms with Gasteiger partial charge in [-0.2, -0.15) is 0 Å². The number of nitrogens with two attached hydrogens (primary N) is 2. The third kappa shape index (κ3) is 1.14. The number of hydrogen-bond donors (Lipinski definition) is 3. The Hall–Kier alpha value is -3.01. The minimum Gasteiger partial charge on any atom is -0.397 e. The fourth-order valence-corrected chi connectivity index (χ4v) is 3.36. The lowest BCUT2D eigenvalue weighted by molar-refractivity contribution is 1.48. The molecule has 0 amide bonds. The quantitative estimate of drug-likeness (QED) is 0.229. The van der Waals surface area contributed by atoms with E-state index in [0.29, 0.717) is 11.4 Å². The number of aromatic nitrogens is 2. The number of anilines is 2. The third-order valence-electron chi connectivity index (χ3n) is 4.31. The van der Waals surface area contributed by atoms with Gasteiger partial charge in [0, 0.05) is 21.5 Å². The van der Waals surface area contributed by atoms with Crippen molar-refractivity contribution in [2.24, 2.45) is 0 Å². The van der Waals surface area contributed by atoms with Gasteiger partial charge in [0.05, 0.1) is 22.4 Å². The first-order valence-electron chi connectivity index (χ1n) is 6.85. The number of fused-ring (bicyclic) bond motifs is 6. The van der Waals surface area contributed by atoms with Crippen LogP contribution in [0.1, 0.15) is 0 Å². The Bertz CT molecular complexity index is 1150. The van der Waals surface area contributed by atoms with Crippen LogP contribution in [0.15, 0.2) is 42.5 Å². The summed E-state index contributed by atoms with van der Waals surface area (Å²) in [6, 6.07) is 14.2. The molecule has 5 rings (SSSR count). The Morgan fingerprint density at radius 1 is 0.762 bits per heavy atom. The van der Waals surface area contributed by atoms with E-state index in [9.17, 15) is 0 Å². The predicted molar refractivity (Wildman–Crippen MR) is 88.6 cm³/mol. The van der Waals surface area contributed by atoms with Gasteiger partial charge < -0.3 is 16.5 Å². The molecule has 0 atom stereocenters. The molecule has 2 heterocycles. The molecule has 0 aliphatic rings. The molecule has 21 heavy (non-hydrogen) atoms. The topological polar surface area (TPSA) is 80.7 Å². The van der Waals surface area contributed by atoms with E-state index in [0.717, 1.165) is 43.6 Å². The highest BCUT2D eigenvalue weighted by atomic mass is 14.9. The number of nitrogen functional groups attached to an aromatic ring is 2. The lowest BCUT2D eigenvalue weighted by Crippen LogP contribution is -1.98. The van der Waals surface area contributed by atoms with Crippen LogP contribution in [0.5, 0.6) is 0 Å². The van der Waals surface area contributed by atoms with Crippen LogP contribution in [0.25, 0.3) is 43.6 Å². The van der Waals surface area contributed by atoms with Crippen molar-refractivity contribution in [2.75, 3.05) is 11.5 Å². The number of imidazole rings is 1. The van der Waals surface area contributed by atoms with Gasteiger partial charge in [0.2, 0.25) is 0 Å². The van der Waals surface area contributed by atoms with Gasteiger partial charge in [-0.05, 0) is 11.5 Å². The maximum Gasteiger partial charge on any atom is 0.139 e. The van der Waals surface area contributed by atoms with Crippen molar-refractivity contribution < 1.29 is 0 Å². The number of H-pyrrole nitrogens is 1. The molecule has 2 bridgehead atoms. The molecule has 2 aromatic heterocycles. The summed E-state index contributed by atoms with van der Waals surface area (Å²) in [6.45, 7) is 0. The van der Waals surface area contributed by atoms with Crippen molar-refractivity contribution in [3.05, 3.63) is 42.5 Å². The molecule has 4 heteroatoms. The van der Waals surface area contributed by atoms with Gasteiger partial charge in [0.15, 0.2) is 0 Å². The highest BCUT2D eigenvalue weighted by Gasteiger charge is 2.18. The fourth-order valence-electron chi connectivity index (χ4n) is 3.36. The summed E-state index contributed by atoms with van der Waals surface area (Å²) in [7, 11) is 0. The normalized spacial score (nSPS) is 12.2. The molecule has 3 aromatic carbocycles. The molecule has 100 valence electrons. The van der Waals surface area contributed by atoms with E-state index in [-0.39, 0.29) is 0 Å². The number of rotatable bonds is 0. The van der Waals surface area contributed by atoms with Crippen LogP contribution in [0.4, 0.5) is 11.4 Å². The van der Waals surface area contributed by atoms with Crippen LogP contribution in [-0.2, 0) is 0 Å². The van der Waals surface area contributed by atoms with Crippen LogP contribution in [0.3, 0.4) is 0 Å². The first-order chi connectivity index (χ1) is 10.3. The lowest BCUT2D eigenvalue weighted by atomic mass is 9.97. The number of nitrogens with zero attached hydrogens (tertiary/aromatic N) is 1. The molecule has 5 aromatic rings. The Kier molecular flexibility index (Phi) is 1.72. The lowest BCUT2D eigenvalue weighted by Gasteiger charge is -2.12. The van der Waals surface area contributed by atoms with Crippen molar-refractivity contribution in [3.63, 3.8) is 0 Å². The maximum absolute atomic E-state index is 6.36. The second-order valence-corrected chi connectivity index (χ2v) is 5.41. The molecule has 0 radical (unpaired) electrons. The second kappa shape index (κ2) is 3.35. The molecule has 5 N–H and O–H groups in total. The summed E-state index contributed by atoms with van der Waals surface area (Å²) in [5.41, 5.74) is 16.8. The molecule has 4 nitrogen and oxygen atoms in total. The van der Waals surface area contributed by atoms with Gasteiger partial charge >= 0.3 is 0 Å².